The summed E-state index contributed by atoms with van der Waals surface area (Å²) in [6.07, 6.45) is 0. The van der Waals surface area contributed by atoms with Crippen molar-refractivity contribution in [2.45, 2.75) is 0 Å². The number of benzene rings is 2. The largest absolute Gasteiger partial charge is 0.496 e. The highest BCUT2D eigenvalue weighted by atomic mass is 79.9. The Morgan fingerprint density at radius 3 is 2.52 bits per heavy atom. The topological polar surface area (TPSA) is 75.6 Å². The molecule has 2 N–H and O–H groups in total. The summed E-state index contributed by atoms with van der Waals surface area (Å²) in [7, 11) is 1.49. The van der Waals surface area contributed by atoms with Gasteiger partial charge in [0.1, 0.15) is 5.75 Å². The number of carbonyl (C=O) groups is 2. The number of halogens is 1. The van der Waals surface area contributed by atoms with Crippen LogP contribution in [0.2, 0.25) is 0 Å². The SMILES string of the molecule is COc1ccccc1C(=O)Nc1ccc(C(=O)O)cc1Br. The molecule has 2 aromatic carbocycles. The predicted molar refractivity (Wildman–Crippen MR) is 82.0 cm³/mol. The molecule has 0 aliphatic heterocycles. The maximum Gasteiger partial charge on any atom is 0.335 e. The molecule has 0 fully saturated rings. The Kier molecular flexibility index (Phi) is 4.59. The second kappa shape index (κ2) is 6.41. The van der Waals surface area contributed by atoms with Gasteiger partial charge in [-0.25, -0.2) is 4.79 Å². The maximum atomic E-state index is 12.2. The van der Waals surface area contributed by atoms with Crippen LogP contribution in [0.4, 0.5) is 5.69 Å². The molecule has 0 radical (unpaired) electrons. The fourth-order valence-electron chi connectivity index (χ4n) is 1.77. The average molecular weight is 350 g/mol. The van der Waals surface area contributed by atoms with Gasteiger partial charge in [0.15, 0.2) is 0 Å². The number of nitrogens with one attached hydrogen (secondary N) is 1. The molecule has 2 aromatic rings. The molecule has 21 heavy (non-hydrogen) atoms. The molecule has 1 amide bonds. The van der Waals surface area contributed by atoms with E-state index in [4.69, 9.17) is 9.84 Å². The van der Waals surface area contributed by atoms with E-state index in [1.807, 2.05) is 0 Å². The van der Waals surface area contributed by atoms with Gasteiger partial charge in [0.05, 0.1) is 23.9 Å². The van der Waals surface area contributed by atoms with Crippen LogP contribution in [0.25, 0.3) is 0 Å². The molecule has 0 atom stereocenters. The van der Waals surface area contributed by atoms with E-state index in [9.17, 15) is 9.59 Å². The predicted octanol–water partition coefficient (Wildman–Crippen LogP) is 3.41. The molecule has 6 heteroatoms. The minimum atomic E-state index is -1.03. The van der Waals surface area contributed by atoms with Crippen LogP contribution in [0.1, 0.15) is 20.7 Å². The van der Waals surface area contributed by atoms with Gasteiger partial charge in [-0.15, -0.1) is 0 Å². The van der Waals surface area contributed by atoms with Crippen LogP contribution in [0.15, 0.2) is 46.9 Å². The van der Waals surface area contributed by atoms with Crippen molar-refractivity contribution in [3.05, 3.63) is 58.1 Å². The molecular weight excluding hydrogens is 338 g/mol. The van der Waals surface area contributed by atoms with Crippen LogP contribution >= 0.6 is 15.9 Å². The van der Waals surface area contributed by atoms with Crippen molar-refractivity contribution in [2.75, 3.05) is 12.4 Å². The van der Waals surface area contributed by atoms with Gasteiger partial charge in [0.25, 0.3) is 5.91 Å². The van der Waals surface area contributed by atoms with E-state index < -0.39 is 5.97 Å². The summed E-state index contributed by atoms with van der Waals surface area (Å²) < 4.78 is 5.63. The van der Waals surface area contributed by atoms with E-state index in [0.29, 0.717) is 21.5 Å². The lowest BCUT2D eigenvalue weighted by molar-refractivity contribution is 0.0696. The van der Waals surface area contributed by atoms with Crippen LogP contribution in [-0.2, 0) is 0 Å². The van der Waals surface area contributed by atoms with Gasteiger partial charge in [0.2, 0.25) is 0 Å². The Hall–Kier alpha value is -2.34. The van der Waals surface area contributed by atoms with Gasteiger partial charge in [-0.2, -0.15) is 0 Å². The molecule has 0 aliphatic carbocycles. The molecule has 0 heterocycles. The summed E-state index contributed by atoms with van der Waals surface area (Å²) in [6.45, 7) is 0. The van der Waals surface area contributed by atoms with Crippen molar-refractivity contribution in [1.29, 1.82) is 0 Å². The average Bonchev–Trinajstić information content (AvgIpc) is 2.48. The molecule has 2 rings (SSSR count). The summed E-state index contributed by atoms with van der Waals surface area (Å²) in [6, 6.07) is 11.2. The van der Waals surface area contributed by atoms with E-state index in [1.165, 1.54) is 25.3 Å². The number of ether oxygens (including phenoxy) is 1. The summed E-state index contributed by atoms with van der Waals surface area (Å²) in [5, 5.41) is 11.6. The zero-order valence-corrected chi connectivity index (χ0v) is 12.7. The summed E-state index contributed by atoms with van der Waals surface area (Å²) in [5.74, 6) is -0.900. The number of hydrogen-bond acceptors (Lipinski definition) is 3. The van der Waals surface area contributed by atoms with E-state index in [0.717, 1.165) is 0 Å². The van der Waals surface area contributed by atoms with Gasteiger partial charge in [-0.3, -0.25) is 4.79 Å². The van der Waals surface area contributed by atoms with Gasteiger partial charge in [-0.1, -0.05) is 12.1 Å². The number of methoxy groups -OCH3 is 1. The number of aromatic carboxylic acids is 1. The number of rotatable bonds is 4. The van der Waals surface area contributed by atoms with Crippen molar-refractivity contribution in [1.82, 2.24) is 0 Å². The molecule has 0 bridgehead atoms. The van der Waals surface area contributed by atoms with E-state index >= 15 is 0 Å². The quantitative estimate of drug-likeness (QED) is 0.886. The molecule has 0 spiro atoms. The van der Waals surface area contributed by atoms with Crippen molar-refractivity contribution < 1.29 is 19.4 Å². The monoisotopic (exact) mass is 349 g/mol. The Labute approximate surface area is 129 Å². The minimum Gasteiger partial charge on any atom is -0.496 e. The lowest BCUT2D eigenvalue weighted by Crippen LogP contribution is -2.13. The van der Waals surface area contributed by atoms with Gasteiger partial charge in [0, 0.05) is 4.47 Å². The highest BCUT2D eigenvalue weighted by Gasteiger charge is 2.14. The number of carboxylic acids is 1. The van der Waals surface area contributed by atoms with Crippen LogP contribution in [0.5, 0.6) is 5.75 Å². The summed E-state index contributed by atoms with van der Waals surface area (Å²) >= 11 is 3.24. The van der Waals surface area contributed by atoms with Crippen molar-refractivity contribution in [3.8, 4) is 5.75 Å². The van der Waals surface area contributed by atoms with Crippen LogP contribution in [0.3, 0.4) is 0 Å². The number of anilines is 1. The number of amides is 1. The van der Waals surface area contributed by atoms with Gasteiger partial charge >= 0.3 is 5.97 Å². The van der Waals surface area contributed by atoms with Crippen molar-refractivity contribution in [2.24, 2.45) is 0 Å². The molecule has 0 unspecified atom stereocenters. The second-order valence-electron chi connectivity index (χ2n) is 4.15. The fraction of sp³-hybridized carbons (Fsp3) is 0.0667. The first-order valence-electron chi connectivity index (χ1n) is 6.00. The van der Waals surface area contributed by atoms with Crippen LogP contribution in [0, 0.1) is 0 Å². The third kappa shape index (κ3) is 3.41. The van der Waals surface area contributed by atoms with E-state index in [1.54, 1.807) is 24.3 Å². The Morgan fingerprint density at radius 2 is 1.90 bits per heavy atom. The van der Waals surface area contributed by atoms with Gasteiger partial charge in [-0.05, 0) is 46.3 Å². The molecule has 5 nitrogen and oxygen atoms in total. The fourth-order valence-corrected chi connectivity index (χ4v) is 2.25. The number of carboxylic acid groups (broad SMARTS) is 1. The standard InChI is InChI=1S/C15H12BrNO4/c1-21-13-5-3-2-4-10(13)14(18)17-12-7-6-9(15(19)20)8-11(12)16/h2-8H,1H3,(H,17,18)(H,19,20). The third-order valence-corrected chi connectivity index (χ3v) is 3.47. The Balaban J connectivity index is 2.26. The summed E-state index contributed by atoms with van der Waals surface area (Å²) in [5.41, 5.74) is 1.02. The second-order valence-corrected chi connectivity index (χ2v) is 5.01. The smallest absolute Gasteiger partial charge is 0.335 e. The van der Waals surface area contributed by atoms with Gasteiger partial charge < -0.3 is 15.2 Å². The van der Waals surface area contributed by atoms with Crippen LogP contribution < -0.4 is 10.1 Å². The normalized spacial score (nSPS) is 10.0. The molecule has 0 saturated carbocycles. The van der Waals surface area contributed by atoms with Crippen molar-refractivity contribution in [3.63, 3.8) is 0 Å². The molecule has 0 aliphatic rings. The van der Waals surface area contributed by atoms with E-state index in [2.05, 4.69) is 21.2 Å². The third-order valence-electron chi connectivity index (χ3n) is 2.82. The first-order chi connectivity index (χ1) is 10.0. The first-order valence-corrected chi connectivity index (χ1v) is 6.79. The molecule has 0 saturated heterocycles. The summed E-state index contributed by atoms with van der Waals surface area (Å²) in [4.78, 5) is 23.1. The highest BCUT2D eigenvalue weighted by molar-refractivity contribution is 9.10. The molecular formula is C15H12BrNO4. The first kappa shape index (κ1) is 15.1. The Morgan fingerprint density at radius 1 is 1.19 bits per heavy atom. The Bertz CT molecular complexity index is 700. The minimum absolute atomic E-state index is 0.136. The molecule has 108 valence electrons. The number of para-hydroxylation sites is 1. The lowest BCUT2D eigenvalue weighted by Gasteiger charge is -2.10. The lowest BCUT2D eigenvalue weighted by atomic mass is 10.1. The number of hydrogen-bond donors (Lipinski definition) is 2. The van der Waals surface area contributed by atoms with Crippen molar-refractivity contribution >= 4 is 33.5 Å². The molecule has 0 aromatic heterocycles. The van der Waals surface area contributed by atoms with Crippen LogP contribution in [-0.4, -0.2) is 24.1 Å². The maximum absolute atomic E-state index is 12.2. The highest BCUT2D eigenvalue weighted by Crippen LogP contribution is 2.25. The zero-order valence-electron chi connectivity index (χ0n) is 11.1. The zero-order chi connectivity index (χ0) is 15.4. The number of carbonyl (C=O) groups excluding carboxylic acids is 1. The van der Waals surface area contributed by atoms with E-state index in [-0.39, 0.29) is 11.5 Å².